The van der Waals surface area contributed by atoms with E-state index in [0.717, 1.165) is 11.0 Å². The number of piperidine rings is 2. The summed E-state index contributed by atoms with van der Waals surface area (Å²) in [6, 6.07) is 6.65. The molecule has 0 bridgehead atoms. The maximum Gasteiger partial charge on any atom is 0.105 e. The molecule has 116 valence electrons. The quantitative estimate of drug-likeness (QED) is 0.822. The predicted molar refractivity (Wildman–Crippen MR) is 87.6 cm³/mol. The Labute approximate surface area is 137 Å². The fraction of sp³-hybridized carbons (Fsp3) is 0.647. The summed E-state index contributed by atoms with van der Waals surface area (Å²) < 4.78 is 1.14. The molecule has 3 atom stereocenters. The van der Waals surface area contributed by atoms with Crippen molar-refractivity contribution in [1.82, 2.24) is 0 Å². The summed E-state index contributed by atoms with van der Waals surface area (Å²) in [4.78, 5) is 0. The molecule has 2 saturated heterocycles. The number of nitrogens with zero attached hydrogens (tertiary/aromatic N) is 1. The van der Waals surface area contributed by atoms with Crippen LogP contribution in [0.2, 0.25) is 10.0 Å². The normalized spacial score (nSPS) is 32.7. The number of rotatable bonds is 3. The molecule has 0 aliphatic carbocycles. The van der Waals surface area contributed by atoms with Crippen LogP contribution >= 0.6 is 23.2 Å². The third kappa shape index (κ3) is 3.10. The highest BCUT2D eigenvalue weighted by molar-refractivity contribution is 6.42. The molecule has 0 aromatic heterocycles. The highest BCUT2D eigenvalue weighted by Crippen LogP contribution is 2.39. The maximum atomic E-state index is 9.74. The molecule has 1 unspecified atom stereocenters. The van der Waals surface area contributed by atoms with Gasteiger partial charge in [-0.25, -0.2) is 0 Å². The lowest BCUT2D eigenvalue weighted by Crippen LogP contribution is -2.63. The summed E-state index contributed by atoms with van der Waals surface area (Å²) in [6.07, 6.45) is 6.27. The Balaban J connectivity index is 1.86. The summed E-state index contributed by atoms with van der Waals surface area (Å²) in [5.74, 6) is 0.474. The van der Waals surface area contributed by atoms with E-state index in [1.54, 1.807) is 0 Å². The van der Waals surface area contributed by atoms with E-state index >= 15 is 0 Å². The molecule has 3 rings (SSSR count). The van der Waals surface area contributed by atoms with Gasteiger partial charge >= 0.3 is 0 Å². The molecule has 2 aliphatic heterocycles. The first-order valence-electron chi connectivity index (χ1n) is 8.05. The zero-order valence-electron chi connectivity index (χ0n) is 12.4. The number of halogens is 2. The Kier molecular flexibility index (Phi) is 4.80. The minimum absolute atomic E-state index is 0.339. The van der Waals surface area contributed by atoms with Crippen LogP contribution < -0.4 is 0 Å². The minimum atomic E-state index is 0.339. The van der Waals surface area contributed by atoms with E-state index in [4.69, 9.17) is 23.2 Å². The Bertz CT molecular complexity index is 504. The van der Waals surface area contributed by atoms with Crippen molar-refractivity contribution >= 4 is 23.2 Å². The van der Waals surface area contributed by atoms with E-state index in [9.17, 15) is 5.11 Å². The summed E-state index contributed by atoms with van der Waals surface area (Å²) >= 11 is 12.2. The molecule has 2 fully saturated rings. The van der Waals surface area contributed by atoms with E-state index < -0.39 is 0 Å². The van der Waals surface area contributed by atoms with Gasteiger partial charge in [-0.05, 0) is 37.8 Å². The van der Waals surface area contributed by atoms with Gasteiger partial charge in [0.2, 0.25) is 0 Å². The highest BCUT2D eigenvalue weighted by Gasteiger charge is 2.46. The SMILES string of the molecule is OC[C@@H]1CCC[N+]2(Cc3ccc(Cl)c(Cl)c3)CCCC[C@H]12. The van der Waals surface area contributed by atoms with Gasteiger partial charge in [0.1, 0.15) is 6.54 Å². The molecule has 1 aromatic rings. The zero-order valence-corrected chi connectivity index (χ0v) is 13.9. The van der Waals surface area contributed by atoms with Crippen LogP contribution in [-0.4, -0.2) is 35.3 Å². The van der Waals surface area contributed by atoms with E-state index in [0.29, 0.717) is 28.6 Å². The lowest BCUT2D eigenvalue weighted by Gasteiger charge is -2.53. The van der Waals surface area contributed by atoms with E-state index in [1.165, 1.54) is 50.8 Å². The van der Waals surface area contributed by atoms with Crippen LogP contribution in [0.3, 0.4) is 0 Å². The van der Waals surface area contributed by atoms with Gasteiger partial charge in [-0.2, -0.15) is 0 Å². The summed E-state index contributed by atoms with van der Waals surface area (Å²) in [6.45, 7) is 3.84. The van der Waals surface area contributed by atoms with E-state index in [-0.39, 0.29) is 0 Å². The molecule has 0 amide bonds. The molecule has 0 spiro atoms. The van der Waals surface area contributed by atoms with Crippen molar-refractivity contribution in [2.75, 3.05) is 19.7 Å². The number of aliphatic hydroxyl groups is 1. The van der Waals surface area contributed by atoms with Crippen molar-refractivity contribution in [2.45, 2.75) is 44.7 Å². The van der Waals surface area contributed by atoms with Crippen LogP contribution in [0.25, 0.3) is 0 Å². The van der Waals surface area contributed by atoms with E-state index in [2.05, 4.69) is 6.07 Å². The van der Waals surface area contributed by atoms with Gasteiger partial charge < -0.3 is 9.59 Å². The van der Waals surface area contributed by atoms with Crippen LogP contribution in [0, 0.1) is 5.92 Å². The topological polar surface area (TPSA) is 20.2 Å². The first-order valence-corrected chi connectivity index (χ1v) is 8.81. The number of hydrogen-bond donors (Lipinski definition) is 1. The second kappa shape index (κ2) is 6.45. The third-order valence-electron chi connectivity index (χ3n) is 5.50. The van der Waals surface area contributed by atoms with Crippen LogP contribution in [0.4, 0.5) is 0 Å². The highest BCUT2D eigenvalue weighted by atomic mass is 35.5. The number of quaternary nitrogens is 1. The molecule has 2 nitrogen and oxygen atoms in total. The molecule has 21 heavy (non-hydrogen) atoms. The van der Waals surface area contributed by atoms with E-state index in [1.807, 2.05) is 12.1 Å². The average molecular weight is 329 g/mol. The number of aliphatic hydroxyl groups excluding tert-OH is 1. The Morgan fingerprint density at radius 3 is 2.62 bits per heavy atom. The van der Waals surface area contributed by atoms with Crippen LogP contribution in [0.5, 0.6) is 0 Å². The summed E-state index contributed by atoms with van der Waals surface area (Å²) in [5.41, 5.74) is 1.27. The second-order valence-corrected chi connectivity index (χ2v) is 7.53. The lowest BCUT2D eigenvalue weighted by molar-refractivity contribution is -0.976. The molecule has 4 heteroatoms. The molecule has 2 heterocycles. The fourth-order valence-corrected chi connectivity index (χ4v) is 4.85. The first kappa shape index (κ1) is 15.6. The standard InChI is InChI=1S/C17H24Cl2NO/c18-15-7-6-13(10-16(15)19)11-20-8-2-1-5-17(20)14(12-21)4-3-9-20/h6-7,10,14,17,21H,1-5,8-9,11-12H2/q+1/t14-,17+,20?/m0/s1. The van der Waals surface area contributed by atoms with Crippen LogP contribution in [0.1, 0.15) is 37.7 Å². The van der Waals surface area contributed by atoms with Crippen molar-refractivity contribution in [1.29, 1.82) is 0 Å². The Morgan fingerprint density at radius 1 is 1.05 bits per heavy atom. The van der Waals surface area contributed by atoms with Crippen molar-refractivity contribution < 1.29 is 9.59 Å². The first-order chi connectivity index (χ1) is 10.1. The molecule has 0 radical (unpaired) electrons. The molecule has 2 aliphatic rings. The largest absolute Gasteiger partial charge is 0.396 e. The third-order valence-corrected chi connectivity index (χ3v) is 6.23. The van der Waals surface area contributed by atoms with Gasteiger partial charge in [-0.3, -0.25) is 0 Å². The van der Waals surface area contributed by atoms with Gasteiger partial charge in [0, 0.05) is 17.9 Å². The second-order valence-electron chi connectivity index (χ2n) is 6.72. The average Bonchev–Trinajstić information content (AvgIpc) is 2.50. The monoisotopic (exact) mass is 328 g/mol. The van der Waals surface area contributed by atoms with Gasteiger partial charge in [0.25, 0.3) is 0 Å². The van der Waals surface area contributed by atoms with Gasteiger partial charge in [-0.1, -0.05) is 29.3 Å². The fourth-order valence-electron chi connectivity index (χ4n) is 4.53. The Morgan fingerprint density at radius 2 is 1.86 bits per heavy atom. The number of benzene rings is 1. The zero-order chi connectivity index (χ0) is 14.9. The van der Waals surface area contributed by atoms with Gasteiger partial charge in [-0.15, -0.1) is 0 Å². The molecule has 1 aromatic carbocycles. The van der Waals surface area contributed by atoms with Gasteiger partial charge in [0.15, 0.2) is 0 Å². The van der Waals surface area contributed by atoms with Crippen molar-refractivity contribution in [3.63, 3.8) is 0 Å². The molecular weight excluding hydrogens is 305 g/mol. The number of hydrogen-bond acceptors (Lipinski definition) is 1. The predicted octanol–water partition coefficient (Wildman–Crippen LogP) is 4.27. The van der Waals surface area contributed by atoms with Crippen molar-refractivity contribution in [3.8, 4) is 0 Å². The smallest absolute Gasteiger partial charge is 0.105 e. The molecule has 1 N–H and O–H groups in total. The minimum Gasteiger partial charge on any atom is -0.396 e. The van der Waals surface area contributed by atoms with Crippen LogP contribution in [0.15, 0.2) is 18.2 Å². The molecular formula is C17H24Cl2NO+. The van der Waals surface area contributed by atoms with Gasteiger partial charge in [0.05, 0.1) is 35.8 Å². The summed E-state index contributed by atoms with van der Waals surface area (Å²) in [7, 11) is 0. The lowest BCUT2D eigenvalue weighted by atomic mass is 9.81. The summed E-state index contributed by atoms with van der Waals surface area (Å²) in [5, 5.41) is 11.0. The maximum absolute atomic E-state index is 9.74. The van der Waals surface area contributed by atoms with Crippen LogP contribution in [-0.2, 0) is 6.54 Å². The number of fused-ring (bicyclic) bond motifs is 1. The Hall–Kier alpha value is -0.280. The van der Waals surface area contributed by atoms with Crippen molar-refractivity contribution in [3.05, 3.63) is 33.8 Å². The molecule has 0 saturated carbocycles. The van der Waals surface area contributed by atoms with Crippen molar-refractivity contribution in [2.24, 2.45) is 5.92 Å².